The molecule has 64 valence electrons. The maximum atomic E-state index is 5.64. The van der Waals surface area contributed by atoms with E-state index in [0.29, 0.717) is 4.99 Å². The number of nitrogens with two attached hydrogens (primary N) is 1. The third-order valence-electron chi connectivity index (χ3n) is 2.50. The van der Waals surface area contributed by atoms with Gasteiger partial charge in [-0.15, -0.1) is 0 Å². The fourth-order valence-electron chi connectivity index (χ4n) is 1.43. The van der Waals surface area contributed by atoms with Crippen LogP contribution in [0.4, 0.5) is 0 Å². The van der Waals surface area contributed by atoms with E-state index in [1.807, 2.05) is 0 Å². The highest BCUT2D eigenvalue weighted by molar-refractivity contribution is 7.80. The zero-order valence-corrected chi connectivity index (χ0v) is 8.08. The predicted octanol–water partition coefficient (Wildman–Crippen LogP) is 1.15. The molecule has 0 spiro atoms. The first-order valence-electron chi connectivity index (χ1n) is 4.10. The van der Waals surface area contributed by atoms with Crippen molar-refractivity contribution in [3.63, 3.8) is 0 Å². The summed E-state index contributed by atoms with van der Waals surface area (Å²) in [7, 11) is 0. The van der Waals surface area contributed by atoms with E-state index < -0.39 is 0 Å². The molecule has 0 aromatic carbocycles. The van der Waals surface area contributed by atoms with Crippen LogP contribution in [0.5, 0.6) is 0 Å². The number of rotatable bonds is 2. The van der Waals surface area contributed by atoms with Gasteiger partial charge in [0.25, 0.3) is 0 Å². The number of hydrogen-bond acceptors (Lipinski definition) is 2. The van der Waals surface area contributed by atoms with Crippen LogP contribution >= 0.6 is 12.2 Å². The highest BCUT2D eigenvalue weighted by atomic mass is 32.1. The Bertz CT molecular complexity index is 159. The second kappa shape index (κ2) is 3.07. The van der Waals surface area contributed by atoms with E-state index in [9.17, 15) is 0 Å². The van der Waals surface area contributed by atoms with Crippen LogP contribution in [0.2, 0.25) is 0 Å². The minimum absolute atomic E-state index is 0.0775. The molecule has 11 heavy (non-hydrogen) atoms. The van der Waals surface area contributed by atoms with Gasteiger partial charge in [-0.2, -0.15) is 0 Å². The first-order valence-corrected chi connectivity index (χ1v) is 4.51. The van der Waals surface area contributed by atoms with E-state index in [-0.39, 0.29) is 5.54 Å². The number of hydrogen-bond donors (Lipinski definition) is 1. The molecule has 3 heteroatoms. The Morgan fingerprint density at radius 1 is 1.36 bits per heavy atom. The number of thiocarbonyl (C=S) groups is 1. The average Bonchev–Trinajstić information content (AvgIpc) is 2.37. The maximum absolute atomic E-state index is 5.64. The van der Waals surface area contributed by atoms with Crippen LogP contribution < -0.4 is 5.73 Å². The topological polar surface area (TPSA) is 29.3 Å². The van der Waals surface area contributed by atoms with Crippen LogP contribution in [0.1, 0.15) is 26.7 Å². The quantitative estimate of drug-likeness (QED) is 0.634. The molecular weight excluding hydrogens is 156 g/mol. The molecular formula is C8H16N2S. The van der Waals surface area contributed by atoms with Crippen molar-refractivity contribution in [1.82, 2.24) is 4.90 Å². The van der Waals surface area contributed by atoms with Crippen molar-refractivity contribution in [3.8, 4) is 0 Å². The van der Waals surface area contributed by atoms with E-state index in [2.05, 4.69) is 18.7 Å². The SMILES string of the molecule is CC(C)(C(N)=S)N1CCCC1. The molecule has 1 saturated heterocycles. The minimum atomic E-state index is -0.0775. The fourth-order valence-corrected chi connectivity index (χ4v) is 1.56. The normalized spacial score (nSPS) is 20.5. The van der Waals surface area contributed by atoms with E-state index >= 15 is 0 Å². The van der Waals surface area contributed by atoms with E-state index in [0.717, 1.165) is 13.1 Å². The summed E-state index contributed by atoms with van der Waals surface area (Å²) < 4.78 is 0. The molecule has 0 bridgehead atoms. The molecule has 0 aromatic heterocycles. The monoisotopic (exact) mass is 172 g/mol. The van der Waals surface area contributed by atoms with Gasteiger partial charge in [-0.3, -0.25) is 4.90 Å². The molecule has 1 rings (SSSR count). The summed E-state index contributed by atoms with van der Waals surface area (Å²) in [6, 6.07) is 0. The average molecular weight is 172 g/mol. The molecule has 0 unspecified atom stereocenters. The highest BCUT2D eigenvalue weighted by Crippen LogP contribution is 2.20. The van der Waals surface area contributed by atoms with Gasteiger partial charge in [-0.05, 0) is 39.8 Å². The molecule has 1 aliphatic heterocycles. The van der Waals surface area contributed by atoms with Gasteiger partial charge in [0, 0.05) is 0 Å². The number of nitrogens with zero attached hydrogens (tertiary/aromatic N) is 1. The predicted molar refractivity (Wildman–Crippen MR) is 51.7 cm³/mol. The van der Waals surface area contributed by atoms with Crippen LogP contribution in [-0.4, -0.2) is 28.5 Å². The van der Waals surface area contributed by atoms with Gasteiger partial charge in [0.2, 0.25) is 0 Å². The molecule has 1 heterocycles. The van der Waals surface area contributed by atoms with Gasteiger partial charge in [0.1, 0.15) is 0 Å². The summed E-state index contributed by atoms with van der Waals surface area (Å²) in [4.78, 5) is 2.97. The lowest BCUT2D eigenvalue weighted by molar-refractivity contribution is 0.224. The van der Waals surface area contributed by atoms with Crippen LogP contribution in [0.3, 0.4) is 0 Å². The van der Waals surface area contributed by atoms with Gasteiger partial charge in [0.05, 0.1) is 10.5 Å². The Kier molecular flexibility index (Phi) is 2.50. The van der Waals surface area contributed by atoms with Gasteiger partial charge in [-0.25, -0.2) is 0 Å². The fraction of sp³-hybridized carbons (Fsp3) is 0.875. The van der Waals surface area contributed by atoms with Gasteiger partial charge in [0.15, 0.2) is 0 Å². The molecule has 1 aliphatic rings. The third kappa shape index (κ3) is 1.71. The van der Waals surface area contributed by atoms with Crippen LogP contribution in [0, 0.1) is 0 Å². The lowest BCUT2D eigenvalue weighted by Gasteiger charge is -2.34. The third-order valence-corrected chi connectivity index (χ3v) is 3.00. The van der Waals surface area contributed by atoms with Crippen LogP contribution in [0.15, 0.2) is 0 Å². The van der Waals surface area contributed by atoms with Crippen molar-refractivity contribution in [1.29, 1.82) is 0 Å². The second-order valence-corrected chi connectivity index (χ2v) is 4.06. The molecule has 0 aromatic rings. The Morgan fingerprint density at radius 3 is 2.18 bits per heavy atom. The number of likely N-dealkylation sites (tertiary alicyclic amines) is 1. The largest absolute Gasteiger partial charge is 0.392 e. The van der Waals surface area contributed by atoms with Gasteiger partial charge in [-0.1, -0.05) is 12.2 Å². The Hall–Kier alpha value is -0.150. The Labute approximate surface area is 73.7 Å². The zero-order chi connectivity index (χ0) is 8.48. The summed E-state index contributed by atoms with van der Waals surface area (Å²) in [5, 5.41) is 0. The molecule has 2 N–H and O–H groups in total. The summed E-state index contributed by atoms with van der Waals surface area (Å²) in [6.07, 6.45) is 2.57. The second-order valence-electron chi connectivity index (χ2n) is 3.62. The molecule has 0 radical (unpaired) electrons. The lowest BCUT2D eigenvalue weighted by Crippen LogP contribution is -2.51. The van der Waals surface area contributed by atoms with E-state index in [1.165, 1.54) is 12.8 Å². The maximum Gasteiger partial charge on any atom is 0.0928 e. The van der Waals surface area contributed by atoms with Gasteiger partial charge >= 0.3 is 0 Å². The van der Waals surface area contributed by atoms with Crippen molar-refractivity contribution in [2.45, 2.75) is 32.2 Å². The summed E-state index contributed by atoms with van der Waals surface area (Å²) >= 11 is 5.00. The van der Waals surface area contributed by atoms with Crippen molar-refractivity contribution in [2.75, 3.05) is 13.1 Å². The van der Waals surface area contributed by atoms with Crippen molar-refractivity contribution < 1.29 is 0 Å². The molecule has 2 nitrogen and oxygen atoms in total. The summed E-state index contributed by atoms with van der Waals surface area (Å²) in [5.41, 5.74) is 5.56. The van der Waals surface area contributed by atoms with E-state index in [4.69, 9.17) is 18.0 Å². The Balaban J connectivity index is 2.62. The smallest absolute Gasteiger partial charge is 0.0928 e. The Morgan fingerprint density at radius 2 is 1.82 bits per heavy atom. The minimum Gasteiger partial charge on any atom is -0.392 e. The standard InChI is InChI=1S/C8H16N2S/c1-8(2,7(9)11)10-5-3-4-6-10/h3-6H2,1-2H3,(H2,9,11). The first kappa shape index (κ1) is 8.94. The zero-order valence-electron chi connectivity index (χ0n) is 7.26. The van der Waals surface area contributed by atoms with Crippen LogP contribution in [0.25, 0.3) is 0 Å². The molecule has 0 amide bonds. The van der Waals surface area contributed by atoms with Crippen molar-refractivity contribution >= 4 is 17.2 Å². The molecule has 1 fully saturated rings. The highest BCUT2D eigenvalue weighted by Gasteiger charge is 2.31. The lowest BCUT2D eigenvalue weighted by atomic mass is 10.0. The van der Waals surface area contributed by atoms with Crippen LogP contribution in [-0.2, 0) is 0 Å². The van der Waals surface area contributed by atoms with Gasteiger partial charge < -0.3 is 5.73 Å². The van der Waals surface area contributed by atoms with Crippen molar-refractivity contribution in [3.05, 3.63) is 0 Å². The summed E-state index contributed by atoms with van der Waals surface area (Å²) in [5.74, 6) is 0. The van der Waals surface area contributed by atoms with E-state index in [1.54, 1.807) is 0 Å². The summed E-state index contributed by atoms with van der Waals surface area (Å²) in [6.45, 7) is 6.48. The molecule has 0 saturated carbocycles. The van der Waals surface area contributed by atoms with Crippen molar-refractivity contribution in [2.24, 2.45) is 5.73 Å². The first-order chi connectivity index (χ1) is 5.05. The molecule has 0 atom stereocenters. The molecule has 0 aliphatic carbocycles.